The molecular formula is C17H25N2O6+. The highest BCUT2D eigenvalue weighted by Gasteiger charge is 2.37. The van der Waals surface area contributed by atoms with E-state index in [2.05, 4.69) is 5.32 Å². The minimum atomic E-state index is -0.729. The first kappa shape index (κ1) is 19.0. The molecule has 1 aromatic carbocycles. The summed E-state index contributed by atoms with van der Waals surface area (Å²) in [6.45, 7) is 5.69. The van der Waals surface area contributed by atoms with Crippen LogP contribution in [0.3, 0.4) is 0 Å². The highest BCUT2D eigenvalue weighted by Crippen LogP contribution is 2.36. The van der Waals surface area contributed by atoms with Crippen molar-refractivity contribution in [3.8, 4) is 11.5 Å². The van der Waals surface area contributed by atoms with Crippen LogP contribution in [0.25, 0.3) is 0 Å². The summed E-state index contributed by atoms with van der Waals surface area (Å²) in [7, 11) is 2.78. The number of esters is 1. The maximum atomic E-state index is 12.7. The second kappa shape index (κ2) is 7.69. The Kier molecular flexibility index (Phi) is 5.84. The van der Waals surface area contributed by atoms with Gasteiger partial charge in [-0.15, -0.1) is 0 Å². The van der Waals surface area contributed by atoms with Crippen molar-refractivity contribution < 1.29 is 29.2 Å². The predicted octanol–water partition coefficient (Wildman–Crippen LogP) is 1.52. The molecule has 1 heterocycles. The van der Waals surface area contributed by atoms with Crippen molar-refractivity contribution in [1.29, 1.82) is 0 Å². The quantitative estimate of drug-likeness (QED) is 0.472. The normalized spacial score (nSPS) is 15.5. The fourth-order valence-corrected chi connectivity index (χ4v) is 3.18. The first-order valence-electron chi connectivity index (χ1n) is 8.25. The molecule has 0 bridgehead atoms. The number of nitrogens with two attached hydrogens (primary N) is 1. The summed E-state index contributed by atoms with van der Waals surface area (Å²) in [6.07, 6.45) is 1.88. The maximum Gasteiger partial charge on any atom is 0.345 e. The van der Waals surface area contributed by atoms with E-state index in [9.17, 15) is 14.9 Å². The average Bonchev–Trinajstić information content (AvgIpc) is 2.60. The minimum absolute atomic E-state index is 0.141. The molecule has 0 atom stereocenters. The number of nitro benzene ring substituents is 1. The molecule has 1 saturated heterocycles. The molecule has 0 radical (unpaired) electrons. The number of quaternary nitrogens is 1. The van der Waals surface area contributed by atoms with Crippen molar-refractivity contribution in [2.24, 2.45) is 5.92 Å². The van der Waals surface area contributed by atoms with Gasteiger partial charge >= 0.3 is 5.97 Å². The molecule has 1 aliphatic rings. The smallest absolute Gasteiger partial charge is 0.345 e. The van der Waals surface area contributed by atoms with Gasteiger partial charge in [-0.2, -0.15) is 0 Å². The second-order valence-corrected chi connectivity index (χ2v) is 6.61. The summed E-state index contributed by atoms with van der Waals surface area (Å²) in [5.41, 5.74) is -1.21. The fourth-order valence-electron chi connectivity index (χ4n) is 3.18. The second-order valence-electron chi connectivity index (χ2n) is 6.61. The molecule has 0 aromatic heterocycles. The SMILES string of the molecule is COc1cc(C(=O)OC(C)(C)C2CC[NH2+]CC2)c([N+](=O)[O-])cc1OC. The molecule has 8 nitrogen and oxygen atoms in total. The Balaban J connectivity index is 2.32. The van der Waals surface area contributed by atoms with Crippen LogP contribution in [0.15, 0.2) is 12.1 Å². The molecule has 0 unspecified atom stereocenters. The van der Waals surface area contributed by atoms with Gasteiger partial charge in [0.05, 0.1) is 38.3 Å². The molecule has 0 aliphatic carbocycles. The average molecular weight is 353 g/mol. The van der Waals surface area contributed by atoms with Gasteiger partial charge in [0.2, 0.25) is 0 Å². The fraction of sp³-hybridized carbons (Fsp3) is 0.588. The molecule has 25 heavy (non-hydrogen) atoms. The van der Waals surface area contributed by atoms with Crippen LogP contribution in [-0.2, 0) is 4.74 Å². The molecular weight excluding hydrogens is 328 g/mol. The standard InChI is InChI=1S/C17H24N2O6/c1-17(2,11-5-7-18-8-6-11)25-16(20)12-9-14(23-3)15(24-4)10-13(12)19(21)22/h9-11,18H,5-8H2,1-4H3/p+1. The number of carbonyl (C=O) groups excluding carboxylic acids is 1. The Morgan fingerprint density at radius 3 is 2.28 bits per heavy atom. The number of rotatable bonds is 6. The summed E-state index contributed by atoms with van der Waals surface area (Å²) in [5.74, 6) is -0.0780. The van der Waals surface area contributed by atoms with E-state index in [0.717, 1.165) is 25.9 Å². The number of piperidine rings is 1. The molecule has 2 rings (SSSR count). The van der Waals surface area contributed by atoms with E-state index in [1.54, 1.807) is 0 Å². The number of benzene rings is 1. The van der Waals surface area contributed by atoms with Gasteiger partial charge in [-0.3, -0.25) is 10.1 Å². The molecule has 0 amide bonds. The zero-order valence-electron chi connectivity index (χ0n) is 15.0. The first-order valence-corrected chi connectivity index (χ1v) is 8.25. The van der Waals surface area contributed by atoms with Crippen molar-refractivity contribution in [2.45, 2.75) is 32.3 Å². The third-order valence-corrected chi connectivity index (χ3v) is 4.70. The number of carbonyl (C=O) groups is 1. The van der Waals surface area contributed by atoms with E-state index in [4.69, 9.17) is 14.2 Å². The van der Waals surface area contributed by atoms with Crippen LogP contribution in [0.5, 0.6) is 11.5 Å². The largest absolute Gasteiger partial charge is 0.493 e. The lowest BCUT2D eigenvalue weighted by Crippen LogP contribution is -2.86. The zero-order valence-corrected chi connectivity index (χ0v) is 15.0. The summed E-state index contributed by atoms with van der Waals surface area (Å²) in [4.78, 5) is 23.4. The number of hydrogen-bond acceptors (Lipinski definition) is 6. The summed E-state index contributed by atoms with van der Waals surface area (Å²) in [5, 5.41) is 13.6. The lowest BCUT2D eigenvalue weighted by Gasteiger charge is -2.35. The van der Waals surface area contributed by atoms with E-state index in [1.165, 1.54) is 26.4 Å². The number of nitrogens with zero attached hydrogens (tertiary/aromatic N) is 1. The van der Waals surface area contributed by atoms with Gasteiger partial charge in [0.15, 0.2) is 11.5 Å². The molecule has 2 N–H and O–H groups in total. The van der Waals surface area contributed by atoms with E-state index in [0.29, 0.717) is 0 Å². The van der Waals surface area contributed by atoms with Crippen LogP contribution in [-0.4, -0.2) is 43.8 Å². The van der Waals surface area contributed by atoms with E-state index in [1.807, 2.05) is 13.8 Å². The van der Waals surface area contributed by atoms with Crippen molar-refractivity contribution in [1.82, 2.24) is 0 Å². The monoisotopic (exact) mass is 353 g/mol. The number of nitro groups is 1. The zero-order chi connectivity index (χ0) is 18.6. The Morgan fingerprint density at radius 1 is 1.20 bits per heavy atom. The highest BCUT2D eigenvalue weighted by molar-refractivity contribution is 5.95. The molecule has 8 heteroatoms. The maximum absolute atomic E-state index is 12.7. The molecule has 1 aliphatic heterocycles. The summed E-state index contributed by atoms with van der Waals surface area (Å²) >= 11 is 0. The Hall–Kier alpha value is -2.35. The molecule has 1 fully saturated rings. The van der Waals surface area contributed by atoms with Gasteiger partial charge in [-0.05, 0) is 13.8 Å². The molecule has 1 aromatic rings. The topological polar surface area (TPSA) is 105 Å². The van der Waals surface area contributed by atoms with Gasteiger partial charge in [0.25, 0.3) is 5.69 Å². The molecule has 0 spiro atoms. The lowest BCUT2D eigenvalue weighted by atomic mass is 9.83. The third kappa shape index (κ3) is 4.19. The van der Waals surface area contributed by atoms with Crippen molar-refractivity contribution >= 4 is 11.7 Å². The predicted molar refractivity (Wildman–Crippen MR) is 90.1 cm³/mol. The van der Waals surface area contributed by atoms with E-state index >= 15 is 0 Å². The van der Waals surface area contributed by atoms with Gasteiger partial charge < -0.3 is 19.5 Å². The Bertz CT molecular complexity index is 653. The highest BCUT2D eigenvalue weighted by atomic mass is 16.6. The van der Waals surface area contributed by atoms with Crippen molar-refractivity contribution in [3.05, 3.63) is 27.8 Å². The van der Waals surface area contributed by atoms with Crippen LogP contribution in [0.2, 0.25) is 0 Å². The first-order chi connectivity index (χ1) is 11.8. The molecule has 0 saturated carbocycles. The van der Waals surface area contributed by atoms with Crippen LogP contribution >= 0.6 is 0 Å². The Morgan fingerprint density at radius 2 is 1.76 bits per heavy atom. The van der Waals surface area contributed by atoms with Crippen molar-refractivity contribution in [3.63, 3.8) is 0 Å². The summed E-state index contributed by atoms with van der Waals surface area (Å²) in [6, 6.07) is 2.47. The van der Waals surface area contributed by atoms with Gasteiger partial charge in [-0.1, -0.05) is 0 Å². The van der Waals surface area contributed by atoms with E-state index in [-0.39, 0.29) is 28.7 Å². The van der Waals surface area contributed by atoms with Crippen LogP contribution in [0.1, 0.15) is 37.0 Å². The van der Waals surface area contributed by atoms with Crippen LogP contribution in [0, 0.1) is 16.0 Å². The number of ether oxygens (including phenoxy) is 3. The van der Waals surface area contributed by atoms with Gasteiger partial charge in [0.1, 0.15) is 11.2 Å². The third-order valence-electron chi connectivity index (χ3n) is 4.70. The minimum Gasteiger partial charge on any atom is -0.493 e. The van der Waals surface area contributed by atoms with Gasteiger partial charge in [0, 0.05) is 24.8 Å². The van der Waals surface area contributed by atoms with E-state index < -0.39 is 16.5 Å². The van der Waals surface area contributed by atoms with Crippen LogP contribution in [0.4, 0.5) is 5.69 Å². The number of hydrogen-bond donors (Lipinski definition) is 1. The number of methoxy groups -OCH3 is 2. The van der Waals surface area contributed by atoms with Crippen LogP contribution < -0.4 is 14.8 Å². The van der Waals surface area contributed by atoms with Crippen molar-refractivity contribution in [2.75, 3.05) is 27.3 Å². The summed E-state index contributed by atoms with van der Waals surface area (Å²) < 4.78 is 15.9. The van der Waals surface area contributed by atoms with Gasteiger partial charge in [-0.25, -0.2) is 4.79 Å². The Labute approximate surface area is 146 Å². The lowest BCUT2D eigenvalue weighted by molar-refractivity contribution is -0.665. The molecule has 138 valence electrons.